The third-order valence-electron chi connectivity index (χ3n) is 3.85. The lowest BCUT2D eigenvalue weighted by Gasteiger charge is -2.07. The molecule has 1 atom stereocenters. The second-order valence-electron chi connectivity index (χ2n) is 5.20. The molecule has 2 N–H and O–H groups in total. The van der Waals surface area contributed by atoms with Gasteiger partial charge in [-0.1, -0.05) is 6.07 Å². The third-order valence-corrected chi connectivity index (χ3v) is 5.77. The Hall–Kier alpha value is -1.52. The lowest BCUT2D eigenvalue weighted by Crippen LogP contribution is -1.99. The standard InChI is InChI=1S/C15H13ClN2OS/c16-14(13-7-8-2-1-3-12(8)20-13)9-4-5-10-11(6-9)18-15(19)17-10/h4-7,14H,1-3H2,(H2,17,18,19). The monoisotopic (exact) mass is 304 g/mol. The van der Waals surface area contributed by atoms with E-state index in [4.69, 9.17) is 11.6 Å². The van der Waals surface area contributed by atoms with Crippen molar-refractivity contribution in [1.29, 1.82) is 0 Å². The van der Waals surface area contributed by atoms with Crippen LogP contribution in [0.15, 0.2) is 29.1 Å². The molecule has 4 rings (SSSR count). The predicted molar refractivity (Wildman–Crippen MR) is 83.0 cm³/mol. The van der Waals surface area contributed by atoms with Gasteiger partial charge in [-0.3, -0.25) is 0 Å². The lowest BCUT2D eigenvalue weighted by atomic mass is 10.1. The first-order valence-electron chi connectivity index (χ1n) is 6.68. The summed E-state index contributed by atoms with van der Waals surface area (Å²) >= 11 is 8.44. The highest BCUT2D eigenvalue weighted by Crippen LogP contribution is 2.39. The average Bonchev–Trinajstić information content (AvgIpc) is 3.08. The number of benzene rings is 1. The van der Waals surface area contributed by atoms with E-state index in [1.165, 1.54) is 34.6 Å². The fourth-order valence-electron chi connectivity index (χ4n) is 2.85. The number of halogens is 1. The molecule has 5 heteroatoms. The summed E-state index contributed by atoms with van der Waals surface area (Å²) in [5, 5.41) is -0.145. The SMILES string of the molecule is O=c1[nH]c2ccc(C(Cl)c3cc4c(s3)CCC4)cc2[nH]1. The number of H-pyrrole nitrogens is 2. The minimum absolute atomic E-state index is 0.145. The van der Waals surface area contributed by atoms with Crippen molar-refractivity contribution in [3.63, 3.8) is 0 Å². The first-order valence-corrected chi connectivity index (χ1v) is 7.93. The van der Waals surface area contributed by atoms with E-state index in [0.717, 1.165) is 16.6 Å². The van der Waals surface area contributed by atoms with Gasteiger partial charge in [0.15, 0.2) is 0 Å². The molecule has 1 aliphatic rings. The Morgan fingerprint density at radius 2 is 2.00 bits per heavy atom. The molecule has 1 aliphatic carbocycles. The Balaban J connectivity index is 1.74. The van der Waals surface area contributed by atoms with Crippen LogP contribution in [0.25, 0.3) is 11.0 Å². The smallest absolute Gasteiger partial charge is 0.306 e. The van der Waals surface area contributed by atoms with Crippen molar-refractivity contribution in [2.75, 3.05) is 0 Å². The number of rotatable bonds is 2. The summed E-state index contributed by atoms with van der Waals surface area (Å²) < 4.78 is 0. The van der Waals surface area contributed by atoms with Crippen LogP contribution in [0, 0.1) is 0 Å². The van der Waals surface area contributed by atoms with Crippen molar-refractivity contribution in [1.82, 2.24) is 9.97 Å². The molecular formula is C15H13ClN2OS. The van der Waals surface area contributed by atoms with Gasteiger partial charge in [0.1, 0.15) is 0 Å². The predicted octanol–water partition coefficient (Wildman–Crippen LogP) is 3.73. The van der Waals surface area contributed by atoms with Crippen LogP contribution in [0.4, 0.5) is 0 Å². The van der Waals surface area contributed by atoms with Crippen molar-refractivity contribution in [3.05, 3.63) is 55.6 Å². The Morgan fingerprint density at radius 1 is 1.15 bits per heavy atom. The highest BCUT2D eigenvalue weighted by atomic mass is 35.5. The number of fused-ring (bicyclic) bond motifs is 2. The lowest BCUT2D eigenvalue weighted by molar-refractivity contribution is 0.913. The summed E-state index contributed by atoms with van der Waals surface area (Å²) in [6, 6.07) is 8.08. The molecule has 102 valence electrons. The van der Waals surface area contributed by atoms with E-state index in [0.29, 0.717) is 0 Å². The van der Waals surface area contributed by atoms with Crippen LogP contribution in [0.5, 0.6) is 0 Å². The Morgan fingerprint density at radius 3 is 2.85 bits per heavy atom. The van der Waals surface area contributed by atoms with Gasteiger partial charge in [0.2, 0.25) is 0 Å². The molecule has 0 spiro atoms. The topological polar surface area (TPSA) is 48.6 Å². The van der Waals surface area contributed by atoms with Gasteiger partial charge < -0.3 is 9.97 Å². The van der Waals surface area contributed by atoms with Crippen LogP contribution in [-0.2, 0) is 12.8 Å². The number of nitrogens with one attached hydrogen (secondary N) is 2. The summed E-state index contributed by atoms with van der Waals surface area (Å²) in [5.41, 5.74) is 3.93. The van der Waals surface area contributed by atoms with E-state index < -0.39 is 0 Å². The number of imidazole rings is 1. The number of hydrogen-bond acceptors (Lipinski definition) is 2. The van der Waals surface area contributed by atoms with Crippen LogP contribution < -0.4 is 5.69 Å². The number of alkyl halides is 1. The molecule has 0 radical (unpaired) electrons. The molecule has 0 saturated heterocycles. The molecule has 0 aliphatic heterocycles. The Bertz CT molecular complexity index is 824. The van der Waals surface area contributed by atoms with Crippen LogP contribution in [0.2, 0.25) is 0 Å². The maximum atomic E-state index is 11.3. The minimum atomic E-state index is -0.182. The summed E-state index contributed by atoms with van der Waals surface area (Å²) in [6.07, 6.45) is 3.64. The van der Waals surface area contributed by atoms with Gasteiger partial charge >= 0.3 is 5.69 Å². The fourth-order valence-corrected chi connectivity index (χ4v) is 4.45. The third kappa shape index (κ3) is 1.91. The molecule has 2 aromatic heterocycles. The molecule has 2 heterocycles. The number of aryl methyl sites for hydroxylation is 2. The van der Waals surface area contributed by atoms with Gasteiger partial charge in [0.25, 0.3) is 0 Å². The van der Waals surface area contributed by atoms with E-state index in [9.17, 15) is 4.79 Å². The maximum Gasteiger partial charge on any atom is 0.323 e. The molecule has 20 heavy (non-hydrogen) atoms. The first-order chi connectivity index (χ1) is 9.70. The number of hydrogen-bond donors (Lipinski definition) is 2. The molecule has 0 saturated carbocycles. The van der Waals surface area contributed by atoms with Crippen LogP contribution in [0.3, 0.4) is 0 Å². The molecule has 1 unspecified atom stereocenters. The normalized spacial score (nSPS) is 15.7. The van der Waals surface area contributed by atoms with Crippen molar-refractivity contribution in [2.24, 2.45) is 0 Å². The zero-order chi connectivity index (χ0) is 13.7. The molecule has 0 fully saturated rings. The maximum absolute atomic E-state index is 11.3. The van der Waals surface area contributed by atoms with Crippen LogP contribution in [0.1, 0.15) is 32.7 Å². The molecule has 3 nitrogen and oxygen atoms in total. The molecular weight excluding hydrogens is 292 g/mol. The van der Waals surface area contributed by atoms with Crippen molar-refractivity contribution in [3.8, 4) is 0 Å². The van der Waals surface area contributed by atoms with Crippen LogP contribution in [-0.4, -0.2) is 9.97 Å². The van der Waals surface area contributed by atoms with Crippen LogP contribution >= 0.6 is 22.9 Å². The van der Waals surface area contributed by atoms with Gasteiger partial charge in [0, 0.05) is 9.75 Å². The van der Waals surface area contributed by atoms with E-state index in [-0.39, 0.29) is 11.1 Å². The van der Waals surface area contributed by atoms with E-state index in [1.54, 1.807) is 0 Å². The summed E-state index contributed by atoms with van der Waals surface area (Å²) in [4.78, 5) is 19.5. The number of aromatic nitrogens is 2. The second-order valence-corrected chi connectivity index (χ2v) is 6.80. The highest BCUT2D eigenvalue weighted by molar-refractivity contribution is 7.12. The van der Waals surface area contributed by atoms with Gasteiger partial charge in [0.05, 0.1) is 16.4 Å². The molecule has 3 aromatic rings. The summed E-state index contributed by atoms with van der Waals surface area (Å²) in [7, 11) is 0. The van der Waals surface area contributed by atoms with Crippen molar-refractivity contribution < 1.29 is 0 Å². The zero-order valence-corrected chi connectivity index (χ0v) is 12.3. The summed E-state index contributed by atoms with van der Waals surface area (Å²) in [6.45, 7) is 0. The second kappa shape index (κ2) is 4.50. The van der Waals surface area contributed by atoms with Gasteiger partial charge in [-0.2, -0.15) is 0 Å². The van der Waals surface area contributed by atoms with Gasteiger partial charge in [-0.25, -0.2) is 4.79 Å². The molecule has 1 aromatic carbocycles. The highest BCUT2D eigenvalue weighted by Gasteiger charge is 2.20. The fraction of sp³-hybridized carbons (Fsp3) is 0.267. The molecule has 0 amide bonds. The van der Waals surface area contributed by atoms with E-state index >= 15 is 0 Å². The van der Waals surface area contributed by atoms with Crippen molar-refractivity contribution in [2.45, 2.75) is 24.6 Å². The minimum Gasteiger partial charge on any atom is -0.306 e. The average molecular weight is 305 g/mol. The van der Waals surface area contributed by atoms with Crippen molar-refractivity contribution >= 4 is 34.0 Å². The summed E-state index contributed by atoms with van der Waals surface area (Å²) in [5.74, 6) is 0. The van der Waals surface area contributed by atoms with Gasteiger partial charge in [-0.15, -0.1) is 22.9 Å². The molecule has 0 bridgehead atoms. The van der Waals surface area contributed by atoms with Gasteiger partial charge in [-0.05, 0) is 48.6 Å². The zero-order valence-electron chi connectivity index (χ0n) is 10.7. The van der Waals surface area contributed by atoms with E-state index in [2.05, 4.69) is 16.0 Å². The Labute approximate surface area is 124 Å². The quantitative estimate of drug-likeness (QED) is 0.696. The number of aromatic amines is 2. The number of thiophene rings is 1. The largest absolute Gasteiger partial charge is 0.323 e. The first kappa shape index (κ1) is 12.2. The van der Waals surface area contributed by atoms with E-state index in [1.807, 2.05) is 29.5 Å². The Kier molecular flexibility index (Phi) is 2.75.